The lowest BCUT2D eigenvalue weighted by molar-refractivity contribution is 0.0691. The van der Waals surface area contributed by atoms with Gasteiger partial charge in [0.2, 0.25) is 0 Å². The summed E-state index contributed by atoms with van der Waals surface area (Å²) in [6, 6.07) is 0. The molecule has 0 aliphatic heterocycles. The van der Waals surface area contributed by atoms with E-state index in [1.807, 2.05) is 26.2 Å². The molecule has 2 N–H and O–H groups in total. The predicted molar refractivity (Wildman–Crippen MR) is 77.3 cm³/mol. The maximum Gasteiger partial charge on any atom is 0.356 e. The maximum absolute atomic E-state index is 11.3. The number of nitrogens with zero attached hydrogens (tertiary/aromatic N) is 3. The van der Waals surface area contributed by atoms with Gasteiger partial charge in [0, 0.05) is 11.3 Å². The Morgan fingerprint density at radius 1 is 1.45 bits per heavy atom. The fourth-order valence-corrected chi connectivity index (χ4v) is 2.25. The minimum Gasteiger partial charge on any atom is -0.476 e. The number of aryl methyl sites for hydroxylation is 1. The Morgan fingerprint density at radius 3 is 2.75 bits per heavy atom. The van der Waals surface area contributed by atoms with Gasteiger partial charge < -0.3 is 10.4 Å². The number of hydrogen-bond donors (Lipinski definition) is 2. The SMILES string of the molecule is Cc1nc(CNc2cnc(C(C)C)nc2C(=O)O)cs1. The molecule has 2 rings (SSSR count). The van der Waals surface area contributed by atoms with E-state index in [4.69, 9.17) is 0 Å². The molecule has 2 aromatic heterocycles. The summed E-state index contributed by atoms with van der Waals surface area (Å²) in [6.45, 7) is 6.23. The second-order valence-corrected chi connectivity index (χ2v) is 5.72. The summed E-state index contributed by atoms with van der Waals surface area (Å²) in [4.78, 5) is 23.9. The van der Waals surface area contributed by atoms with E-state index in [1.165, 1.54) is 6.20 Å². The molecule has 0 bridgehead atoms. The Labute approximate surface area is 120 Å². The molecule has 2 heterocycles. The van der Waals surface area contributed by atoms with Gasteiger partial charge in [-0.3, -0.25) is 0 Å². The molecule has 0 aliphatic rings. The highest BCUT2D eigenvalue weighted by Crippen LogP contribution is 2.17. The van der Waals surface area contributed by atoms with Gasteiger partial charge in [-0.2, -0.15) is 0 Å². The quantitative estimate of drug-likeness (QED) is 0.881. The zero-order valence-electron chi connectivity index (χ0n) is 11.5. The van der Waals surface area contributed by atoms with Gasteiger partial charge in [-0.25, -0.2) is 19.7 Å². The fraction of sp³-hybridized carbons (Fsp3) is 0.385. The lowest BCUT2D eigenvalue weighted by Gasteiger charge is -2.10. The minimum absolute atomic E-state index is 0.00403. The number of carboxylic acid groups (broad SMARTS) is 1. The maximum atomic E-state index is 11.3. The van der Waals surface area contributed by atoms with Crippen LogP contribution in [0.2, 0.25) is 0 Å². The lowest BCUT2D eigenvalue weighted by atomic mass is 10.2. The van der Waals surface area contributed by atoms with Gasteiger partial charge in [-0.05, 0) is 6.92 Å². The molecule has 0 radical (unpaired) electrons. The van der Waals surface area contributed by atoms with Crippen LogP contribution in [-0.4, -0.2) is 26.0 Å². The van der Waals surface area contributed by atoms with E-state index < -0.39 is 5.97 Å². The third kappa shape index (κ3) is 3.30. The number of hydrogen-bond acceptors (Lipinski definition) is 6. The molecule has 0 aromatic carbocycles. The first-order valence-electron chi connectivity index (χ1n) is 6.22. The summed E-state index contributed by atoms with van der Waals surface area (Å²) >= 11 is 1.56. The third-order valence-electron chi connectivity index (χ3n) is 2.65. The first kappa shape index (κ1) is 14.4. The van der Waals surface area contributed by atoms with E-state index >= 15 is 0 Å². The Morgan fingerprint density at radius 2 is 2.20 bits per heavy atom. The van der Waals surface area contributed by atoms with Crippen molar-refractivity contribution in [2.75, 3.05) is 5.32 Å². The molecule has 0 saturated heterocycles. The molecule has 0 aliphatic carbocycles. The van der Waals surface area contributed by atoms with Crippen molar-refractivity contribution in [2.45, 2.75) is 33.2 Å². The summed E-state index contributed by atoms with van der Waals surface area (Å²) < 4.78 is 0. The van der Waals surface area contributed by atoms with Crippen LogP contribution in [0.15, 0.2) is 11.6 Å². The van der Waals surface area contributed by atoms with Crippen LogP contribution >= 0.6 is 11.3 Å². The van der Waals surface area contributed by atoms with Crippen molar-refractivity contribution in [1.29, 1.82) is 0 Å². The molecule has 0 fully saturated rings. The van der Waals surface area contributed by atoms with Crippen LogP contribution in [0.5, 0.6) is 0 Å². The molecule has 20 heavy (non-hydrogen) atoms. The first-order chi connectivity index (χ1) is 9.47. The van der Waals surface area contributed by atoms with Crippen LogP contribution in [0, 0.1) is 6.92 Å². The van der Waals surface area contributed by atoms with E-state index in [0.717, 1.165) is 10.7 Å². The van der Waals surface area contributed by atoms with Gasteiger partial charge in [0.15, 0.2) is 5.69 Å². The summed E-state index contributed by atoms with van der Waals surface area (Å²) in [5.41, 5.74) is 1.28. The molecule has 7 heteroatoms. The minimum atomic E-state index is -1.06. The van der Waals surface area contributed by atoms with Crippen molar-refractivity contribution in [3.8, 4) is 0 Å². The molecular weight excluding hydrogens is 276 g/mol. The molecule has 6 nitrogen and oxygen atoms in total. The standard InChI is InChI=1S/C13H16N4O2S/c1-7(2)12-15-5-10(11(17-12)13(18)19)14-4-9-6-20-8(3)16-9/h5-7,14H,4H2,1-3H3,(H,18,19). The van der Waals surface area contributed by atoms with Gasteiger partial charge in [-0.15, -0.1) is 11.3 Å². The van der Waals surface area contributed by atoms with Crippen LogP contribution in [0.3, 0.4) is 0 Å². The molecule has 106 valence electrons. The second-order valence-electron chi connectivity index (χ2n) is 4.66. The first-order valence-corrected chi connectivity index (χ1v) is 7.10. The summed E-state index contributed by atoms with van der Waals surface area (Å²) in [5.74, 6) is -0.452. The monoisotopic (exact) mass is 292 g/mol. The molecule has 0 spiro atoms. The molecule has 0 amide bonds. The molecule has 2 aromatic rings. The van der Waals surface area contributed by atoms with Crippen LogP contribution < -0.4 is 5.32 Å². The van der Waals surface area contributed by atoms with Crippen molar-refractivity contribution in [3.05, 3.63) is 33.8 Å². The van der Waals surface area contributed by atoms with E-state index in [-0.39, 0.29) is 11.6 Å². The average molecular weight is 292 g/mol. The van der Waals surface area contributed by atoms with Crippen LogP contribution in [0.1, 0.15) is 46.8 Å². The van der Waals surface area contributed by atoms with Gasteiger partial charge in [0.1, 0.15) is 5.82 Å². The Bertz CT molecular complexity index is 625. The predicted octanol–water partition coefficient (Wildman–Crippen LogP) is 2.68. The van der Waals surface area contributed by atoms with E-state index in [2.05, 4.69) is 20.3 Å². The number of carbonyl (C=O) groups is 1. The number of anilines is 1. The molecular formula is C13H16N4O2S. The van der Waals surface area contributed by atoms with Crippen LogP contribution in [0.25, 0.3) is 0 Å². The van der Waals surface area contributed by atoms with E-state index in [0.29, 0.717) is 18.1 Å². The van der Waals surface area contributed by atoms with Crippen LogP contribution in [-0.2, 0) is 6.54 Å². The largest absolute Gasteiger partial charge is 0.476 e. The highest BCUT2D eigenvalue weighted by atomic mass is 32.1. The van der Waals surface area contributed by atoms with E-state index in [9.17, 15) is 9.90 Å². The van der Waals surface area contributed by atoms with Gasteiger partial charge in [-0.1, -0.05) is 13.8 Å². The summed E-state index contributed by atoms with van der Waals surface area (Å²) in [7, 11) is 0. The number of carboxylic acids is 1. The number of nitrogens with one attached hydrogen (secondary N) is 1. The zero-order chi connectivity index (χ0) is 14.7. The summed E-state index contributed by atoms with van der Waals surface area (Å²) in [6.07, 6.45) is 1.52. The van der Waals surface area contributed by atoms with Crippen molar-refractivity contribution in [3.63, 3.8) is 0 Å². The van der Waals surface area contributed by atoms with Crippen molar-refractivity contribution in [1.82, 2.24) is 15.0 Å². The van der Waals surface area contributed by atoms with Gasteiger partial charge in [0.05, 0.1) is 29.1 Å². The highest BCUT2D eigenvalue weighted by Gasteiger charge is 2.15. The molecule has 0 atom stereocenters. The Balaban J connectivity index is 2.20. The van der Waals surface area contributed by atoms with Crippen molar-refractivity contribution in [2.24, 2.45) is 0 Å². The van der Waals surface area contributed by atoms with Gasteiger partial charge >= 0.3 is 5.97 Å². The number of aromatic nitrogens is 3. The number of rotatable bonds is 5. The van der Waals surface area contributed by atoms with Gasteiger partial charge in [0.25, 0.3) is 0 Å². The number of thiazole rings is 1. The summed E-state index contributed by atoms with van der Waals surface area (Å²) in [5, 5.41) is 15.2. The zero-order valence-corrected chi connectivity index (χ0v) is 12.4. The number of aromatic carboxylic acids is 1. The highest BCUT2D eigenvalue weighted by molar-refractivity contribution is 7.09. The molecule has 0 unspecified atom stereocenters. The molecule has 0 saturated carbocycles. The second kappa shape index (κ2) is 5.96. The average Bonchev–Trinajstić information content (AvgIpc) is 2.81. The smallest absolute Gasteiger partial charge is 0.356 e. The van der Waals surface area contributed by atoms with Crippen molar-refractivity contribution >= 4 is 23.0 Å². The topological polar surface area (TPSA) is 88.0 Å². The van der Waals surface area contributed by atoms with Crippen molar-refractivity contribution < 1.29 is 9.90 Å². The Kier molecular flexibility index (Phi) is 4.29. The fourth-order valence-electron chi connectivity index (χ4n) is 1.64. The lowest BCUT2D eigenvalue weighted by Crippen LogP contribution is -2.12. The van der Waals surface area contributed by atoms with Crippen LogP contribution in [0.4, 0.5) is 5.69 Å². The Hall–Kier alpha value is -2.02. The van der Waals surface area contributed by atoms with E-state index in [1.54, 1.807) is 11.3 Å². The normalized spacial score (nSPS) is 10.8. The third-order valence-corrected chi connectivity index (χ3v) is 3.48.